The molecule has 5 nitrogen and oxygen atoms in total. The molecule has 2 aliphatic heterocycles. The third-order valence-corrected chi connectivity index (χ3v) is 5.14. The number of amides is 1. The second-order valence-corrected chi connectivity index (χ2v) is 6.97. The molecule has 0 radical (unpaired) electrons. The van der Waals surface area contributed by atoms with E-state index in [4.69, 9.17) is 0 Å². The van der Waals surface area contributed by atoms with Crippen LogP contribution in [0.1, 0.15) is 23.3 Å². The predicted octanol–water partition coefficient (Wildman–Crippen LogP) is 3.61. The first kappa shape index (κ1) is 16.7. The largest absolute Gasteiger partial charge is 0.360 e. The van der Waals surface area contributed by atoms with Crippen molar-refractivity contribution in [3.05, 3.63) is 78.1 Å². The van der Waals surface area contributed by atoms with E-state index < -0.39 is 6.04 Å². The van der Waals surface area contributed by atoms with Crippen molar-refractivity contribution in [1.29, 1.82) is 0 Å². The van der Waals surface area contributed by atoms with E-state index in [0.717, 1.165) is 16.8 Å². The van der Waals surface area contributed by atoms with Crippen molar-refractivity contribution in [2.75, 3.05) is 11.1 Å². The molecule has 0 aliphatic carbocycles. The molecule has 2 heterocycles. The fourth-order valence-corrected chi connectivity index (χ4v) is 3.74. The fourth-order valence-electron chi connectivity index (χ4n) is 3.14. The van der Waals surface area contributed by atoms with Crippen LogP contribution >= 0.6 is 11.8 Å². The van der Waals surface area contributed by atoms with Gasteiger partial charge in [-0.25, -0.2) is 4.39 Å². The zero-order valence-electron chi connectivity index (χ0n) is 13.9. The first-order valence-corrected chi connectivity index (χ1v) is 9.18. The molecule has 2 aliphatic rings. The van der Waals surface area contributed by atoms with Crippen LogP contribution in [0.4, 0.5) is 10.1 Å². The van der Waals surface area contributed by atoms with Gasteiger partial charge in [0.1, 0.15) is 12.0 Å². The van der Waals surface area contributed by atoms with E-state index in [1.165, 1.54) is 23.9 Å². The van der Waals surface area contributed by atoms with Gasteiger partial charge in [0, 0.05) is 17.0 Å². The highest BCUT2D eigenvalue weighted by atomic mass is 32.2. The Bertz CT molecular complexity index is 883. The average molecular weight is 368 g/mol. The van der Waals surface area contributed by atoms with Crippen LogP contribution in [-0.2, 0) is 4.79 Å². The number of carbonyl (C=O) groups is 1. The Balaban J connectivity index is 1.79. The average Bonchev–Trinajstić information content (AvgIpc) is 2.66. The lowest BCUT2D eigenvalue weighted by Gasteiger charge is -2.43. The van der Waals surface area contributed by atoms with Crippen LogP contribution in [0.2, 0.25) is 0 Å². The van der Waals surface area contributed by atoms with Crippen molar-refractivity contribution in [2.24, 2.45) is 5.10 Å². The highest BCUT2D eigenvalue weighted by Gasteiger charge is 2.41. The molecule has 0 spiro atoms. The van der Waals surface area contributed by atoms with E-state index >= 15 is 0 Å². The smallest absolute Gasteiger partial charge is 0.255 e. The van der Waals surface area contributed by atoms with Crippen LogP contribution in [0.5, 0.6) is 0 Å². The molecule has 0 fully saturated rings. The molecule has 0 saturated carbocycles. The normalized spacial score (nSPS) is 21.0. The van der Waals surface area contributed by atoms with Gasteiger partial charge in [0.25, 0.3) is 5.91 Å². The number of benzene rings is 2. The van der Waals surface area contributed by atoms with Crippen LogP contribution < -0.4 is 10.6 Å². The maximum atomic E-state index is 13.4. The summed E-state index contributed by atoms with van der Waals surface area (Å²) in [5, 5.41) is 13.2. The number of amidine groups is 1. The molecular weight excluding hydrogens is 351 g/mol. The summed E-state index contributed by atoms with van der Waals surface area (Å²) < 4.78 is 13.4. The van der Waals surface area contributed by atoms with Crippen LogP contribution in [0.3, 0.4) is 0 Å². The molecular formula is C19H17FN4OS. The number of halogens is 1. The van der Waals surface area contributed by atoms with Gasteiger partial charge in [-0.1, -0.05) is 48.2 Å². The van der Waals surface area contributed by atoms with Crippen LogP contribution in [0.25, 0.3) is 0 Å². The molecule has 2 atom stereocenters. The Morgan fingerprint density at radius 1 is 1.23 bits per heavy atom. The zero-order valence-corrected chi connectivity index (χ0v) is 14.7. The monoisotopic (exact) mass is 368 g/mol. The Kier molecular flexibility index (Phi) is 4.38. The molecule has 0 saturated heterocycles. The minimum Gasteiger partial charge on any atom is -0.360 e. The number of nitrogens with zero attached hydrogens (tertiary/aromatic N) is 2. The highest BCUT2D eigenvalue weighted by Crippen LogP contribution is 2.42. The van der Waals surface area contributed by atoms with Crippen LogP contribution in [0.15, 0.2) is 66.3 Å². The van der Waals surface area contributed by atoms with Crippen LogP contribution in [-0.4, -0.2) is 21.8 Å². The second kappa shape index (κ2) is 6.84. The summed E-state index contributed by atoms with van der Waals surface area (Å²) >= 11 is 1.41. The maximum Gasteiger partial charge on any atom is 0.255 e. The van der Waals surface area contributed by atoms with E-state index in [-0.39, 0.29) is 17.9 Å². The summed E-state index contributed by atoms with van der Waals surface area (Å²) in [7, 11) is 0. The Morgan fingerprint density at radius 2 is 2.00 bits per heavy atom. The third kappa shape index (κ3) is 2.94. The number of rotatable bonds is 3. The van der Waals surface area contributed by atoms with Crippen molar-refractivity contribution in [1.82, 2.24) is 10.3 Å². The third-order valence-electron chi connectivity index (χ3n) is 4.29. The number of anilines is 1. The number of thioether (sulfide) groups is 1. The Labute approximate surface area is 155 Å². The lowest BCUT2D eigenvalue weighted by molar-refractivity contribution is -0.127. The Hall–Kier alpha value is -2.80. The van der Waals surface area contributed by atoms with Gasteiger partial charge < -0.3 is 10.6 Å². The Morgan fingerprint density at radius 3 is 2.77 bits per heavy atom. The number of carbonyl (C=O) groups excluding carboxylic acids is 1. The standard InChI is InChI=1S/C19H17FN4OS/c1-2-11-26-19-22-18(25)16-14-5-3-4-6-15(14)21-17(24(16)23-19)12-7-9-13(20)10-8-12/h2-10,16-17,21H,1,11H2,(H,22,23,25)/t16-,17-/m0/s1. The summed E-state index contributed by atoms with van der Waals surface area (Å²) in [5.74, 6) is 0.208. The van der Waals surface area contributed by atoms with Gasteiger partial charge >= 0.3 is 0 Å². The first-order chi connectivity index (χ1) is 12.7. The van der Waals surface area contributed by atoms with Crippen molar-refractivity contribution < 1.29 is 9.18 Å². The number of fused-ring (bicyclic) bond motifs is 3. The maximum absolute atomic E-state index is 13.4. The summed E-state index contributed by atoms with van der Waals surface area (Å²) in [4.78, 5) is 12.8. The second-order valence-electron chi connectivity index (χ2n) is 5.96. The first-order valence-electron chi connectivity index (χ1n) is 8.20. The van der Waals surface area contributed by atoms with Gasteiger partial charge in [-0.3, -0.25) is 9.80 Å². The molecule has 1 amide bonds. The van der Waals surface area contributed by atoms with E-state index in [2.05, 4.69) is 22.3 Å². The lowest BCUT2D eigenvalue weighted by Crippen LogP contribution is -2.50. The molecule has 7 heteroatoms. The van der Waals surface area contributed by atoms with Crippen molar-refractivity contribution in [3.63, 3.8) is 0 Å². The SMILES string of the molecule is C=CCSC1=NN2[C@@H](c3ccc(F)cc3)Nc3ccccc3[C@H]2C(=O)N1. The van der Waals surface area contributed by atoms with Gasteiger partial charge in [-0.05, 0) is 23.8 Å². The topological polar surface area (TPSA) is 56.7 Å². The zero-order chi connectivity index (χ0) is 18.1. The molecule has 2 N–H and O–H groups in total. The van der Waals surface area contributed by atoms with E-state index in [0.29, 0.717) is 10.9 Å². The summed E-state index contributed by atoms with van der Waals surface area (Å²) in [6, 6.07) is 13.3. The van der Waals surface area contributed by atoms with Gasteiger partial charge in [0.15, 0.2) is 11.2 Å². The molecule has 0 bridgehead atoms. The van der Waals surface area contributed by atoms with E-state index in [1.807, 2.05) is 24.3 Å². The van der Waals surface area contributed by atoms with E-state index in [1.54, 1.807) is 23.2 Å². The number of hydrazone groups is 1. The lowest BCUT2D eigenvalue weighted by atomic mass is 9.97. The summed E-state index contributed by atoms with van der Waals surface area (Å²) in [6.07, 6.45) is 1.38. The minimum atomic E-state index is -0.546. The predicted molar refractivity (Wildman–Crippen MR) is 102 cm³/mol. The number of nitrogens with one attached hydrogen (secondary N) is 2. The molecule has 2 aromatic rings. The molecule has 4 rings (SSSR count). The summed E-state index contributed by atoms with van der Waals surface area (Å²) in [6.45, 7) is 3.70. The number of para-hydroxylation sites is 1. The number of hydrogen-bond acceptors (Lipinski definition) is 5. The molecule has 2 aromatic carbocycles. The quantitative estimate of drug-likeness (QED) is 0.813. The molecule has 0 unspecified atom stereocenters. The molecule has 26 heavy (non-hydrogen) atoms. The minimum absolute atomic E-state index is 0.132. The van der Waals surface area contributed by atoms with Crippen molar-refractivity contribution in [2.45, 2.75) is 12.2 Å². The van der Waals surface area contributed by atoms with Gasteiger partial charge in [-0.2, -0.15) is 0 Å². The van der Waals surface area contributed by atoms with Gasteiger partial charge in [0.05, 0.1) is 0 Å². The van der Waals surface area contributed by atoms with E-state index in [9.17, 15) is 9.18 Å². The summed E-state index contributed by atoms with van der Waals surface area (Å²) in [5.41, 5.74) is 2.56. The van der Waals surface area contributed by atoms with Crippen molar-refractivity contribution in [3.8, 4) is 0 Å². The fraction of sp³-hybridized carbons (Fsp3) is 0.158. The van der Waals surface area contributed by atoms with Gasteiger partial charge in [0.2, 0.25) is 0 Å². The van der Waals surface area contributed by atoms with Gasteiger partial charge in [-0.15, -0.1) is 11.7 Å². The highest BCUT2D eigenvalue weighted by molar-refractivity contribution is 8.14. The number of hydrogen-bond donors (Lipinski definition) is 2. The molecule has 0 aromatic heterocycles. The van der Waals surface area contributed by atoms with Crippen LogP contribution in [0, 0.1) is 5.82 Å². The molecule has 132 valence electrons. The van der Waals surface area contributed by atoms with Crippen molar-refractivity contribution >= 4 is 28.5 Å².